The molecule has 1 aliphatic carbocycles. The summed E-state index contributed by atoms with van der Waals surface area (Å²) >= 11 is 0. The molecule has 1 fully saturated rings. The van der Waals surface area contributed by atoms with Gasteiger partial charge in [0.25, 0.3) is 0 Å². The third kappa shape index (κ3) is 7.38. The minimum Gasteiger partial charge on any atom is -0.352 e. The first-order valence-electron chi connectivity index (χ1n) is 13.9. The van der Waals surface area contributed by atoms with Gasteiger partial charge in [-0.15, -0.1) is 0 Å². The quantitative estimate of drug-likeness (QED) is 0.368. The molecule has 2 amide bonds. The Balaban J connectivity index is 1.63. The Labute approximate surface area is 232 Å². The van der Waals surface area contributed by atoms with Crippen molar-refractivity contribution in [2.45, 2.75) is 64.0 Å². The lowest BCUT2D eigenvalue weighted by Crippen LogP contribution is -2.54. The molecular weight excluding hydrogens is 510 g/mol. The Kier molecular flexibility index (Phi) is 9.62. The zero-order valence-corrected chi connectivity index (χ0v) is 23.7. The van der Waals surface area contributed by atoms with Crippen LogP contribution in [0, 0.1) is 0 Å². The first kappa shape index (κ1) is 28.6. The molecule has 1 atom stereocenters. The van der Waals surface area contributed by atoms with Crippen LogP contribution < -0.4 is 9.62 Å². The maximum absolute atomic E-state index is 14.0. The molecule has 3 aromatic rings. The van der Waals surface area contributed by atoms with Crippen molar-refractivity contribution in [2.24, 2.45) is 0 Å². The first-order valence-corrected chi connectivity index (χ1v) is 15.7. The molecule has 208 valence electrons. The number of amides is 2. The van der Waals surface area contributed by atoms with Gasteiger partial charge in [0.1, 0.15) is 12.6 Å². The molecule has 0 spiro atoms. The van der Waals surface area contributed by atoms with E-state index in [0.29, 0.717) is 25.1 Å². The van der Waals surface area contributed by atoms with Crippen LogP contribution in [0.3, 0.4) is 0 Å². The SMILES string of the molecule is CC[C@@H](C(=O)NC1CCCCC1)N(CCc1ccccc1)C(=O)CN(c1cccc2ccccc12)S(C)(=O)=O. The minimum atomic E-state index is -3.80. The average Bonchev–Trinajstić information content (AvgIpc) is 2.94. The Morgan fingerprint density at radius 3 is 2.28 bits per heavy atom. The van der Waals surface area contributed by atoms with Gasteiger partial charge in [-0.1, -0.05) is 92.9 Å². The van der Waals surface area contributed by atoms with Crippen molar-refractivity contribution in [3.8, 4) is 0 Å². The van der Waals surface area contributed by atoms with Gasteiger partial charge in [0, 0.05) is 18.0 Å². The number of anilines is 1. The first-order chi connectivity index (χ1) is 18.8. The van der Waals surface area contributed by atoms with Crippen LogP contribution >= 0.6 is 0 Å². The summed E-state index contributed by atoms with van der Waals surface area (Å²) in [6.07, 6.45) is 7.37. The van der Waals surface area contributed by atoms with Gasteiger partial charge >= 0.3 is 0 Å². The van der Waals surface area contributed by atoms with Gasteiger partial charge < -0.3 is 10.2 Å². The van der Waals surface area contributed by atoms with Crippen molar-refractivity contribution in [3.05, 3.63) is 78.4 Å². The molecular formula is C31H39N3O4S. The van der Waals surface area contributed by atoms with Gasteiger partial charge in [-0.2, -0.15) is 0 Å². The number of nitrogens with one attached hydrogen (secondary N) is 1. The van der Waals surface area contributed by atoms with Crippen LogP contribution in [-0.4, -0.2) is 56.6 Å². The highest BCUT2D eigenvalue weighted by Gasteiger charge is 2.32. The fourth-order valence-corrected chi connectivity index (χ4v) is 6.32. The smallest absolute Gasteiger partial charge is 0.244 e. The summed E-state index contributed by atoms with van der Waals surface area (Å²) in [6, 6.07) is 22.2. The molecule has 0 aromatic heterocycles. The summed E-state index contributed by atoms with van der Waals surface area (Å²) in [7, 11) is -3.80. The maximum atomic E-state index is 14.0. The molecule has 1 saturated carbocycles. The van der Waals surface area contributed by atoms with Crippen molar-refractivity contribution in [3.63, 3.8) is 0 Å². The summed E-state index contributed by atoms with van der Waals surface area (Å²) < 4.78 is 27.2. The third-order valence-electron chi connectivity index (χ3n) is 7.54. The number of carbonyl (C=O) groups is 2. The molecule has 0 unspecified atom stereocenters. The second-order valence-electron chi connectivity index (χ2n) is 10.4. The molecule has 0 radical (unpaired) electrons. The van der Waals surface area contributed by atoms with Gasteiger partial charge in [0.2, 0.25) is 21.8 Å². The summed E-state index contributed by atoms with van der Waals surface area (Å²) in [4.78, 5) is 29.0. The third-order valence-corrected chi connectivity index (χ3v) is 8.66. The van der Waals surface area contributed by atoms with E-state index in [1.54, 1.807) is 17.0 Å². The van der Waals surface area contributed by atoms with Crippen LogP contribution in [-0.2, 0) is 26.0 Å². The Bertz CT molecular complexity index is 1370. The van der Waals surface area contributed by atoms with E-state index < -0.39 is 22.0 Å². The standard InChI is InChI=1S/C31H39N3O4S/c1-3-28(31(36)32-26-17-8-5-9-18-26)33(22-21-24-13-6-4-7-14-24)30(35)23-34(39(2,37)38)29-20-12-16-25-15-10-11-19-27(25)29/h4,6-7,10-16,19-20,26,28H,3,5,8-9,17-18,21-23H2,1-2H3,(H,32,36)/t28-/m0/s1. The molecule has 0 heterocycles. The zero-order chi connectivity index (χ0) is 27.8. The molecule has 1 N–H and O–H groups in total. The highest BCUT2D eigenvalue weighted by molar-refractivity contribution is 7.92. The van der Waals surface area contributed by atoms with Crippen molar-refractivity contribution >= 4 is 38.3 Å². The van der Waals surface area contributed by atoms with Gasteiger partial charge in [-0.05, 0) is 42.7 Å². The number of rotatable bonds is 11. The normalized spacial score (nSPS) is 15.0. The second kappa shape index (κ2) is 13.1. The van der Waals surface area contributed by atoms with Gasteiger partial charge in [-0.25, -0.2) is 8.42 Å². The maximum Gasteiger partial charge on any atom is 0.244 e. The summed E-state index contributed by atoms with van der Waals surface area (Å²) in [6.45, 7) is 1.83. The molecule has 3 aromatic carbocycles. The van der Waals surface area contributed by atoms with Gasteiger partial charge in [-0.3, -0.25) is 13.9 Å². The molecule has 0 saturated heterocycles. The number of nitrogens with zero attached hydrogens (tertiary/aromatic N) is 2. The lowest BCUT2D eigenvalue weighted by molar-refractivity contribution is -0.140. The molecule has 0 bridgehead atoms. The number of hydrogen-bond acceptors (Lipinski definition) is 4. The number of benzene rings is 3. The number of fused-ring (bicyclic) bond motifs is 1. The van der Waals surface area contributed by atoms with Crippen molar-refractivity contribution in [2.75, 3.05) is 23.7 Å². The highest BCUT2D eigenvalue weighted by Crippen LogP contribution is 2.29. The van der Waals surface area contributed by atoms with Crippen LogP contribution in [0.2, 0.25) is 0 Å². The lowest BCUT2D eigenvalue weighted by Gasteiger charge is -2.34. The Morgan fingerprint density at radius 1 is 0.923 bits per heavy atom. The summed E-state index contributed by atoms with van der Waals surface area (Å²) in [5, 5.41) is 4.81. The van der Waals surface area contributed by atoms with E-state index in [2.05, 4.69) is 5.32 Å². The molecule has 39 heavy (non-hydrogen) atoms. The predicted octanol–water partition coefficient (Wildman–Crippen LogP) is 4.90. The molecule has 1 aliphatic rings. The largest absolute Gasteiger partial charge is 0.352 e. The Morgan fingerprint density at radius 2 is 1.59 bits per heavy atom. The predicted molar refractivity (Wildman–Crippen MR) is 157 cm³/mol. The molecule has 0 aliphatic heterocycles. The van der Waals surface area contributed by atoms with Crippen LogP contribution in [0.4, 0.5) is 5.69 Å². The topological polar surface area (TPSA) is 86.8 Å². The molecule has 4 rings (SSSR count). The summed E-state index contributed by atoms with van der Waals surface area (Å²) in [5.74, 6) is -0.559. The number of hydrogen-bond donors (Lipinski definition) is 1. The van der Waals surface area contributed by atoms with Crippen LogP contribution in [0.1, 0.15) is 51.0 Å². The van der Waals surface area contributed by atoms with E-state index in [0.717, 1.165) is 48.3 Å². The van der Waals surface area contributed by atoms with E-state index in [1.165, 1.54) is 10.7 Å². The highest BCUT2D eigenvalue weighted by atomic mass is 32.2. The van der Waals surface area contributed by atoms with Crippen molar-refractivity contribution in [1.29, 1.82) is 0 Å². The second-order valence-corrected chi connectivity index (χ2v) is 12.3. The monoisotopic (exact) mass is 549 g/mol. The van der Waals surface area contributed by atoms with E-state index in [4.69, 9.17) is 0 Å². The van der Waals surface area contributed by atoms with Gasteiger partial charge in [0.15, 0.2) is 0 Å². The Hall–Kier alpha value is -3.39. The average molecular weight is 550 g/mol. The number of sulfonamides is 1. The number of carbonyl (C=O) groups excluding carboxylic acids is 2. The van der Waals surface area contributed by atoms with E-state index in [-0.39, 0.29) is 18.5 Å². The van der Waals surface area contributed by atoms with Crippen LogP contribution in [0.5, 0.6) is 0 Å². The van der Waals surface area contributed by atoms with Gasteiger partial charge in [0.05, 0.1) is 11.9 Å². The van der Waals surface area contributed by atoms with E-state index in [9.17, 15) is 18.0 Å². The fraction of sp³-hybridized carbons (Fsp3) is 0.419. The van der Waals surface area contributed by atoms with Crippen molar-refractivity contribution < 1.29 is 18.0 Å². The van der Waals surface area contributed by atoms with Crippen molar-refractivity contribution in [1.82, 2.24) is 10.2 Å². The van der Waals surface area contributed by atoms with E-state index >= 15 is 0 Å². The van der Waals surface area contributed by atoms with E-state index in [1.807, 2.05) is 67.6 Å². The summed E-state index contributed by atoms with van der Waals surface area (Å²) in [5.41, 5.74) is 1.50. The lowest BCUT2D eigenvalue weighted by atomic mass is 9.95. The molecule has 7 nitrogen and oxygen atoms in total. The van der Waals surface area contributed by atoms with Crippen LogP contribution in [0.25, 0.3) is 10.8 Å². The van der Waals surface area contributed by atoms with Crippen LogP contribution in [0.15, 0.2) is 72.8 Å². The fourth-order valence-electron chi connectivity index (χ4n) is 5.46. The zero-order valence-electron chi connectivity index (χ0n) is 22.9. The minimum absolute atomic E-state index is 0.120. The molecule has 8 heteroatoms.